The van der Waals surface area contributed by atoms with Gasteiger partial charge in [-0.25, -0.2) is 4.79 Å². The number of amides is 4. The van der Waals surface area contributed by atoms with Crippen molar-refractivity contribution < 1.29 is 76.3 Å². The van der Waals surface area contributed by atoms with E-state index in [-0.39, 0.29) is 74.6 Å². The highest BCUT2D eigenvalue weighted by Crippen LogP contribution is 2.35. The van der Waals surface area contributed by atoms with Crippen molar-refractivity contribution in [3.8, 4) is 11.5 Å². The first kappa shape index (κ1) is 54.0. The molecule has 2 N–H and O–H groups in total. The van der Waals surface area contributed by atoms with Crippen LogP contribution in [-0.2, 0) is 70.1 Å². The van der Waals surface area contributed by atoms with Gasteiger partial charge in [0.25, 0.3) is 11.8 Å². The van der Waals surface area contributed by atoms with Crippen molar-refractivity contribution in [2.45, 2.75) is 72.1 Å². The largest absolute Gasteiger partial charge is 0.487 e. The number of nitrogens with one attached hydrogen (secondary N) is 2. The van der Waals surface area contributed by atoms with Gasteiger partial charge >= 0.3 is 5.97 Å². The Morgan fingerprint density at radius 3 is 1.62 bits per heavy atom. The summed E-state index contributed by atoms with van der Waals surface area (Å²) in [6, 6.07) is 9.82. The molecule has 1 heterocycles. The molecule has 0 aromatic heterocycles. The Balaban J connectivity index is 1.68. The third-order valence-electron chi connectivity index (χ3n) is 9.33. The molecule has 3 rings (SSSR count). The van der Waals surface area contributed by atoms with Crippen LogP contribution in [-0.4, -0.2) is 152 Å². The monoisotopic (exact) mass is 915 g/mol. The number of imide groups is 1. The molecule has 19 nitrogen and oxygen atoms in total. The molecule has 1 saturated heterocycles. The summed E-state index contributed by atoms with van der Waals surface area (Å²) in [5, 5.41) is 5.82. The second-order valence-electron chi connectivity index (χ2n) is 14.8. The number of ketones is 2. The first-order valence-electron chi connectivity index (χ1n) is 22.0. The maximum Gasteiger partial charge on any atom is 0.363 e. The smallest absolute Gasteiger partial charge is 0.363 e. The molecule has 0 radical (unpaired) electrons. The lowest BCUT2D eigenvalue weighted by Gasteiger charge is -2.19. The molecular formula is C46H65N3O16. The third kappa shape index (κ3) is 23.4. The summed E-state index contributed by atoms with van der Waals surface area (Å²) in [4.78, 5) is 88.4. The Morgan fingerprint density at radius 2 is 1.06 bits per heavy atom. The number of hydrogen-bond acceptors (Lipinski definition) is 16. The predicted molar refractivity (Wildman–Crippen MR) is 234 cm³/mol. The van der Waals surface area contributed by atoms with Crippen LogP contribution in [0.2, 0.25) is 0 Å². The average Bonchev–Trinajstić information content (AvgIpc) is 3.59. The number of carbonyl (C=O) groups is 7. The summed E-state index contributed by atoms with van der Waals surface area (Å²) in [7, 11) is 0. The van der Waals surface area contributed by atoms with Gasteiger partial charge in [-0.15, -0.1) is 5.06 Å². The zero-order valence-electron chi connectivity index (χ0n) is 37.9. The number of aryl methyl sites for hydroxylation is 2. The third-order valence-corrected chi connectivity index (χ3v) is 9.33. The number of carbonyl (C=O) groups excluding carboxylic acids is 7. The summed E-state index contributed by atoms with van der Waals surface area (Å²) < 4.78 is 46.3. The molecule has 1 aliphatic rings. The molecule has 0 saturated carbocycles. The highest BCUT2D eigenvalue weighted by Gasteiger charge is 2.33. The van der Waals surface area contributed by atoms with E-state index in [2.05, 4.69) is 10.6 Å². The molecule has 1 fully saturated rings. The van der Waals surface area contributed by atoms with E-state index >= 15 is 0 Å². The van der Waals surface area contributed by atoms with Gasteiger partial charge in [0.1, 0.15) is 19.0 Å². The maximum absolute atomic E-state index is 13.8. The molecule has 19 heteroatoms. The minimum atomic E-state index is -0.841. The Labute approximate surface area is 380 Å². The van der Waals surface area contributed by atoms with Crippen molar-refractivity contribution in [2.24, 2.45) is 0 Å². The average molecular weight is 916 g/mol. The number of nitrogens with zero attached hydrogens (tertiary/aromatic N) is 1. The fourth-order valence-electron chi connectivity index (χ4n) is 6.05. The SMILES string of the molecule is CC(=O)CCCOCCOCCCc1cc(C(=O)CCc2ccc(C(=O)ON3C(=O)CCC3=O)cc2)cc(OCCOCCOCCNC(C)=O)c1OCCOCCOCCNC(C)=O. The van der Waals surface area contributed by atoms with Gasteiger partial charge in [0, 0.05) is 71.4 Å². The number of Topliss-reactive ketones (excluding diaryl/α,β-unsaturated/α-hetero) is 2. The van der Waals surface area contributed by atoms with E-state index in [4.69, 9.17) is 42.7 Å². The highest BCUT2D eigenvalue weighted by atomic mass is 16.7. The van der Waals surface area contributed by atoms with E-state index < -0.39 is 17.8 Å². The molecule has 1 aliphatic heterocycles. The second kappa shape index (κ2) is 32.4. The molecule has 360 valence electrons. The van der Waals surface area contributed by atoms with Crippen molar-refractivity contribution >= 4 is 41.2 Å². The van der Waals surface area contributed by atoms with Gasteiger partial charge in [-0.05, 0) is 68.0 Å². The quantitative estimate of drug-likeness (QED) is 0.0564. The highest BCUT2D eigenvalue weighted by molar-refractivity contribution is 6.02. The van der Waals surface area contributed by atoms with Crippen molar-refractivity contribution in [3.63, 3.8) is 0 Å². The van der Waals surface area contributed by atoms with Crippen molar-refractivity contribution in [1.82, 2.24) is 15.7 Å². The zero-order chi connectivity index (χ0) is 47.1. The van der Waals surface area contributed by atoms with Crippen LogP contribution in [0.4, 0.5) is 0 Å². The Kier molecular flexibility index (Phi) is 26.9. The van der Waals surface area contributed by atoms with Gasteiger partial charge in [0.05, 0.1) is 71.6 Å². The summed E-state index contributed by atoms with van der Waals surface area (Å²) in [5.41, 5.74) is 2.05. The van der Waals surface area contributed by atoms with E-state index in [0.29, 0.717) is 133 Å². The number of ether oxygens (including phenoxy) is 8. The number of benzene rings is 2. The molecule has 0 spiro atoms. The summed E-state index contributed by atoms with van der Waals surface area (Å²) in [6.07, 6.45) is 2.66. The Hall–Kier alpha value is -5.31. The van der Waals surface area contributed by atoms with Gasteiger partial charge in [0.15, 0.2) is 17.3 Å². The van der Waals surface area contributed by atoms with Crippen LogP contribution in [0.15, 0.2) is 36.4 Å². The van der Waals surface area contributed by atoms with Gasteiger partial charge < -0.3 is 58.2 Å². The lowest BCUT2D eigenvalue weighted by atomic mass is 9.98. The van der Waals surface area contributed by atoms with Crippen LogP contribution in [0.5, 0.6) is 11.5 Å². The molecule has 0 bridgehead atoms. The van der Waals surface area contributed by atoms with Crippen molar-refractivity contribution in [1.29, 1.82) is 0 Å². The number of hydroxylamine groups is 2. The van der Waals surface area contributed by atoms with E-state index in [1.807, 2.05) is 0 Å². The fraction of sp³-hybridized carbons (Fsp3) is 0.587. The fourth-order valence-corrected chi connectivity index (χ4v) is 6.05. The second-order valence-corrected chi connectivity index (χ2v) is 14.8. The molecule has 2 aromatic carbocycles. The standard InChI is InChI=1S/C46H65N3O16/c1-34(50)6-4-18-57-22-23-58-19-5-7-39-32-40(41(53)13-10-37-8-11-38(12-9-37)46(56)65-49-43(54)14-15-44(49)55)33-42(63-30-28-61-26-24-59-20-16-47-35(2)51)45(39)64-31-29-62-27-25-60-21-17-48-36(3)52/h8-9,11-12,32-33H,4-7,10,13-31H2,1-3H3,(H,47,51)(H,48,52). The Morgan fingerprint density at radius 1 is 0.554 bits per heavy atom. The van der Waals surface area contributed by atoms with Crippen LogP contribution >= 0.6 is 0 Å². The molecule has 0 aliphatic carbocycles. The Bertz CT molecular complexity index is 1730. The normalized spacial score (nSPS) is 12.3. The summed E-state index contributed by atoms with van der Waals surface area (Å²) in [5.74, 6) is -1.49. The molecule has 4 amide bonds. The molecule has 0 unspecified atom stereocenters. The van der Waals surface area contributed by atoms with Gasteiger partial charge in [0.2, 0.25) is 11.8 Å². The van der Waals surface area contributed by atoms with E-state index in [9.17, 15) is 33.6 Å². The number of hydrogen-bond donors (Lipinski definition) is 2. The molecule has 0 atom stereocenters. The van der Waals surface area contributed by atoms with Crippen molar-refractivity contribution in [2.75, 3.05) is 106 Å². The molecule has 2 aromatic rings. The van der Waals surface area contributed by atoms with Gasteiger partial charge in [-0.3, -0.25) is 24.0 Å². The maximum atomic E-state index is 13.8. The minimum absolute atomic E-state index is 0.0105. The van der Waals surface area contributed by atoms with Crippen molar-refractivity contribution in [3.05, 3.63) is 58.7 Å². The predicted octanol–water partition coefficient (Wildman–Crippen LogP) is 3.15. The van der Waals surface area contributed by atoms with E-state index in [1.54, 1.807) is 31.2 Å². The summed E-state index contributed by atoms with van der Waals surface area (Å²) in [6.45, 7) is 9.62. The van der Waals surface area contributed by atoms with Gasteiger partial charge in [-0.2, -0.15) is 0 Å². The molecule has 65 heavy (non-hydrogen) atoms. The zero-order valence-corrected chi connectivity index (χ0v) is 37.9. The van der Waals surface area contributed by atoms with Crippen LogP contribution in [0.25, 0.3) is 0 Å². The van der Waals surface area contributed by atoms with Crippen LogP contribution in [0.1, 0.15) is 91.1 Å². The van der Waals surface area contributed by atoms with Crippen LogP contribution in [0, 0.1) is 0 Å². The van der Waals surface area contributed by atoms with E-state index in [0.717, 1.165) is 11.1 Å². The minimum Gasteiger partial charge on any atom is -0.487 e. The number of rotatable bonds is 37. The van der Waals surface area contributed by atoms with Crippen LogP contribution in [0.3, 0.4) is 0 Å². The van der Waals surface area contributed by atoms with Crippen LogP contribution < -0.4 is 20.1 Å². The topological polar surface area (TPSA) is 230 Å². The first-order chi connectivity index (χ1) is 31.4. The van der Waals surface area contributed by atoms with E-state index in [1.165, 1.54) is 26.0 Å². The van der Waals surface area contributed by atoms with Gasteiger partial charge in [-0.1, -0.05) is 12.1 Å². The lowest BCUT2D eigenvalue weighted by molar-refractivity contribution is -0.172. The summed E-state index contributed by atoms with van der Waals surface area (Å²) >= 11 is 0. The first-order valence-corrected chi connectivity index (χ1v) is 22.0. The molecular weight excluding hydrogens is 851 g/mol. The lowest BCUT2D eigenvalue weighted by Crippen LogP contribution is -2.32.